The van der Waals surface area contributed by atoms with E-state index in [9.17, 15) is 0 Å². The molecule has 24 heavy (non-hydrogen) atoms. The number of ether oxygens (including phenoxy) is 1. The fourth-order valence-electron chi connectivity index (χ4n) is 4.63. The van der Waals surface area contributed by atoms with E-state index in [-0.39, 0.29) is 0 Å². The van der Waals surface area contributed by atoms with Gasteiger partial charge in [0.1, 0.15) is 11.9 Å². The molecule has 3 rings (SSSR count). The molecule has 3 atom stereocenters. The van der Waals surface area contributed by atoms with Crippen molar-refractivity contribution in [3.63, 3.8) is 0 Å². The minimum absolute atomic E-state index is 0.323. The Hall–Kier alpha value is -1.02. The Labute approximate surface area is 148 Å². The van der Waals surface area contributed by atoms with Crippen molar-refractivity contribution in [1.82, 2.24) is 0 Å². The number of unbranched alkanes of at least 4 members (excludes halogenated alkanes) is 3. The lowest BCUT2D eigenvalue weighted by Crippen LogP contribution is -2.44. The smallest absolute Gasteiger partial charge is 0.123 e. The number of aryl methyl sites for hydroxylation is 1. The zero-order valence-electron chi connectivity index (χ0n) is 15.4. The summed E-state index contributed by atoms with van der Waals surface area (Å²) >= 11 is 0. The predicted octanol–water partition coefficient (Wildman–Crippen LogP) is 5.41. The Balaban J connectivity index is 1.67. The molecule has 0 spiro atoms. The Morgan fingerprint density at radius 3 is 2.79 bits per heavy atom. The first kappa shape index (κ1) is 17.8. The van der Waals surface area contributed by atoms with Crippen LogP contribution in [0.4, 0.5) is 0 Å². The van der Waals surface area contributed by atoms with Crippen LogP contribution in [0.1, 0.15) is 82.3 Å². The van der Waals surface area contributed by atoms with Gasteiger partial charge in [0.25, 0.3) is 0 Å². The average molecular weight is 330 g/mol. The van der Waals surface area contributed by atoms with E-state index in [1.54, 1.807) is 0 Å². The molecule has 2 aliphatic carbocycles. The summed E-state index contributed by atoms with van der Waals surface area (Å²) in [4.78, 5) is 0. The van der Waals surface area contributed by atoms with E-state index < -0.39 is 0 Å². The van der Waals surface area contributed by atoms with Crippen molar-refractivity contribution < 1.29 is 4.74 Å². The highest BCUT2D eigenvalue weighted by atomic mass is 16.5. The number of nitrogens with two attached hydrogens (primary N) is 1. The molecule has 2 N–H and O–H groups in total. The SMILES string of the molecule is CCCCCCC1C(N)CCCC1Oc1cccc2c1CCCC2. The highest BCUT2D eigenvalue weighted by Gasteiger charge is 2.32. The summed E-state index contributed by atoms with van der Waals surface area (Å²) < 4.78 is 6.61. The molecule has 1 aromatic rings. The third-order valence-corrected chi connectivity index (χ3v) is 6.08. The van der Waals surface area contributed by atoms with Gasteiger partial charge in [0.05, 0.1) is 0 Å². The van der Waals surface area contributed by atoms with Crippen molar-refractivity contribution in [1.29, 1.82) is 0 Å². The van der Waals surface area contributed by atoms with Crippen molar-refractivity contribution in [2.75, 3.05) is 0 Å². The Kier molecular flexibility index (Phi) is 6.59. The molecule has 3 unspecified atom stereocenters. The molecule has 0 radical (unpaired) electrons. The first-order valence-corrected chi connectivity index (χ1v) is 10.3. The van der Waals surface area contributed by atoms with Crippen molar-refractivity contribution in [3.8, 4) is 5.75 Å². The Bertz CT molecular complexity index is 513. The summed E-state index contributed by atoms with van der Waals surface area (Å²) in [5.41, 5.74) is 9.49. The zero-order valence-corrected chi connectivity index (χ0v) is 15.4. The van der Waals surface area contributed by atoms with Gasteiger partial charge in [-0.25, -0.2) is 0 Å². The quantitative estimate of drug-likeness (QED) is 0.679. The predicted molar refractivity (Wildman–Crippen MR) is 102 cm³/mol. The van der Waals surface area contributed by atoms with Gasteiger partial charge < -0.3 is 10.5 Å². The van der Waals surface area contributed by atoms with Gasteiger partial charge in [-0.05, 0) is 68.6 Å². The topological polar surface area (TPSA) is 35.2 Å². The maximum atomic E-state index is 6.61. The second-order valence-electron chi connectivity index (χ2n) is 7.87. The van der Waals surface area contributed by atoms with Crippen LogP contribution in [-0.4, -0.2) is 12.1 Å². The lowest BCUT2D eigenvalue weighted by molar-refractivity contribution is 0.0711. The van der Waals surface area contributed by atoms with Gasteiger partial charge in [-0.2, -0.15) is 0 Å². The van der Waals surface area contributed by atoms with Crippen LogP contribution in [0, 0.1) is 5.92 Å². The minimum atomic E-state index is 0.323. The van der Waals surface area contributed by atoms with Crippen LogP contribution in [0.3, 0.4) is 0 Å². The molecule has 0 heterocycles. The van der Waals surface area contributed by atoms with Crippen LogP contribution in [0.2, 0.25) is 0 Å². The standard InChI is InChI=1S/C22H35NO/c1-2-3-4-5-13-19-20(23)14-9-16-22(19)24-21-15-8-11-17-10-6-7-12-18(17)21/h8,11,15,19-20,22H,2-7,9-10,12-14,16,23H2,1H3. The highest BCUT2D eigenvalue weighted by molar-refractivity contribution is 5.41. The molecular formula is C22H35NO. The van der Waals surface area contributed by atoms with Crippen LogP contribution in [0.15, 0.2) is 18.2 Å². The third-order valence-electron chi connectivity index (χ3n) is 6.08. The number of benzene rings is 1. The van der Waals surface area contributed by atoms with Crippen LogP contribution in [-0.2, 0) is 12.8 Å². The largest absolute Gasteiger partial charge is 0.490 e. The van der Waals surface area contributed by atoms with E-state index in [1.165, 1.54) is 88.2 Å². The van der Waals surface area contributed by atoms with E-state index in [4.69, 9.17) is 10.5 Å². The maximum absolute atomic E-state index is 6.61. The summed E-state index contributed by atoms with van der Waals surface area (Å²) in [7, 11) is 0. The van der Waals surface area contributed by atoms with Crippen LogP contribution in [0.5, 0.6) is 5.75 Å². The van der Waals surface area contributed by atoms with Gasteiger partial charge in [-0.3, -0.25) is 0 Å². The van der Waals surface area contributed by atoms with Gasteiger partial charge in [0.2, 0.25) is 0 Å². The lowest BCUT2D eigenvalue weighted by Gasteiger charge is -2.37. The number of fused-ring (bicyclic) bond motifs is 1. The van der Waals surface area contributed by atoms with Gasteiger partial charge in [0.15, 0.2) is 0 Å². The van der Waals surface area contributed by atoms with Crippen molar-refractivity contribution in [3.05, 3.63) is 29.3 Å². The van der Waals surface area contributed by atoms with E-state index in [0.29, 0.717) is 18.1 Å². The van der Waals surface area contributed by atoms with Gasteiger partial charge >= 0.3 is 0 Å². The molecule has 134 valence electrons. The van der Waals surface area contributed by atoms with E-state index >= 15 is 0 Å². The van der Waals surface area contributed by atoms with Crippen molar-refractivity contribution in [2.24, 2.45) is 11.7 Å². The molecule has 1 saturated carbocycles. The molecule has 0 aliphatic heterocycles. The molecular weight excluding hydrogens is 294 g/mol. The van der Waals surface area contributed by atoms with Crippen LogP contribution >= 0.6 is 0 Å². The second-order valence-corrected chi connectivity index (χ2v) is 7.87. The molecule has 2 aliphatic rings. The average Bonchev–Trinajstić information content (AvgIpc) is 2.61. The Morgan fingerprint density at radius 2 is 1.92 bits per heavy atom. The summed E-state index contributed by atoms with van der Waals surface area (Å²) in [6, 6.07) is 6.98. The minimum Gasteiger partial charge on any atom is -0.490 e. The summed E-state index contributed by atoms with van der Waals surface area (Å²) in [6.45, 7) is 2.27. The fraction of sp³-hybridized carbons (Fsp3) is 0.727. The van der Waals surface area contributed by atoms with Gasteiger partial charge in [-0.1, -0.05) is 44.7 Å². The monoisotopic (exact) mass is 329 g/mol. The fourth-order valence-corrected chi connectivity index (χ4v) is 4.63. The summed E-state index contributed by atoms with van der Waals surface area (Å²) in [5.74, 6) is 1.69. The van der Waals surface area contributed by atoms with Gasteiger partial charge in [-0.15, -0.1) is 0 Å². The normalized spacial score (nSPS) is 26.8. The van der Waals surface area contributed by atoms with Crippen LogP contribution in [0.25, 0.3) is 0 Å². The summed E-state index contributed by atoms with van der Waals surface area (Å²) in [5, 5.41) is 0. The molecule has 2 heteroatoms. The van der Waals surface area contributed by atoms with E-state index in [0.717, 1.165) is 5.75 Å². The third kappa shape index (κ3) is 4.33. The highest BCUT2D eigenvalue weighted by Crippen LogP contribution is 2.35. The lowest BCUT2D eigenvalue weighted by atomic mass is 9.79. The van der Waals surface area contributed by atoms with E-state index in [1.807, 2.05) is 0 Å². The first-order chi connectivity index (χ1) is 11.8. The Morgan fingerprint density at radius 1 is 1.04 bits per heavy atom. The number of hydrogen-bond acceptors (Lipinski definition) is 2. The maximum Gasteiger partial charge on any atom is 0.123 e. The molecule has 0 aromatic heterocycles. The summed E-state index contributed by atoms with van der Waals surface area (Å²) in [6.07, 6.45) is 15.4. The van der Waals surface area contributed by atoms with E-state index in [2.05, 4.69) is 25.1 Å². The molecule has 2 nitrogen and oxygen atoms in total. The van der Waals surface area contributed by atoms with Crippen LogP contribution < -0.4 is 10.5 Å². The number of hydrogen-bond donors (Lipinski definition) is 1. The second kappa shape index (κ2) is 8.89. The first-order valence-electron chi connectivity index (χ1n) is 10.3. The number of rotatable bonds is 7. The molecule has 0 bridgehead atoms. The molecule has 0 amide bonds. The molecule has 0 saturated heterocycles. The molecule has 1 fully saturated rings. The molecule has 1 aromatic carbocycles. The van der Waals surface area contributed by atoms with Crippen molar-refractivity contribution >= 4 is 0 Å². The zero-order chi connectivity index (χ0) is 16.8. The van der Waals surface area contributed by atoms with Crippen molar-refractivity contribution in [2.45, 2.75) is 96.1 Å². The van der Waals surface area contributed by atoms with Gasteiger partial charge in [0, 0.05) is 12.0 Å².